The molecule has 4 aliphatic carbocycles. The highest BCUT2D eigenvalue weighted by Gasteiger charge is 2.61. The quantitative estimate of drug-likeness (QED) is 0.748. The second-order valence-electron chi connectivity index (χ2n) is 8.59. The highest BCUT2D eigenvalue weighted by molar-refractivity contribution is 5.91. The minimum atomic E-state index is -0.754. The van der Waals surface area contributed by atoms with Crippen molar-refractivity contribution in [2.75, 3.05) is 0 Å². The predicted molar refractivity (Wildman–Crippen MR) is 83.1 cm³/mol. The average Bonchev–Trinajstić information content (AvgIpc) is 2.72. The molecule has 0 aromatic rings. The van der Waals surface area contributed by atoms with Gasteiger partial charge < -0.3 is 5.11 Å². The van der Waals surface area contributed by atoms with Crippen LogP contribution in [0.15, 0.2) is 11.6 Å². The Morgan fingerprint density at radius 2 is 1.86 bits per heavy atom. The molecule has 120 valence electrons. The van der Waals surface area contributed by atoms with E-state index >= 15 is 0 Å². The maximum atomic E-state index is 12.1. The number of allylic oxidation sites excluding steroid dienone is 1. The lowest BCUT2D eigenvalue weighted by molar-refractivity contribution is -0.129. The predicted octanol–water partition coefficient (Wildman–Crippen LogP) is 3.06. The van der Waals surface area contributed by atoms with Crippen LogP contribution < -0.4 is 0 Å². The van der Waals surface area contributed by atoms with Crippen molar-refractivity contribution in [1.29, 1.82) is 0 Å². The Labute approximate surface area is 132 Å². The van der Waals surface area contributed by atoms with Gasteiger partial charge in [-0.25, -0.2) is 0 Å². The van der Waals surface area contributed by atoms with Crippen molar-refractivity contribution >= 4 is 11.6 Å². The molecule has 6 atom stereocenters. The number of aliphatic hydroxyl groups excluding tert-OH is 1. The summed E-state index contributed by atoms with van der Waals surface area (Å²) in [7, 11) is 0. The lowest BCUT2D eigenvalue weighted by Crippen LogP contribution is -2.51. The van der Waals surface area contributed by atoms with Crippen LogP contribution in [0.3, 0.4) is 0 Å². The summed E-state index contributed by atoms with van der Waals surface area (Å²) in [5.74, 6) is 1.80. The SMILES string of the molecule is C[C@]12CC[C@H]3[C@@H](CCC4=CC(=O)CC[C@@]43C)[C@@H]1CC(=O)[C@@H]2O. The van der Waals surface area contributed by atoms with Crippen LogP contribution in [0.4, 0.5) is 0 Å². The van der Waals surface area contributed by atoms with Gasteiger partial charge in [-0.05, 0) is 61.3 Å². The number of aliphatic hydroxyl groups is 1. The van der Waals surface area contributed by atoms with E-state index in [1.54, 1.807) is 0 Å². The van der Waals surface area contributed by atoms with E-state index in [-0.39, 0.29) is 22.4 Å². The van der Waals surface area contributed by atoms with Crippen LogP contribution in [-0.2, 0) is 9.59 Å². The van der Waals surface area contributed by atoms with Crippen molar-refractivity contribution < 1.29 is 14.7 Å². The van der Waals surface area contributed by atoms with Gasteiger partial charge in [0, 0.05) is 18.3 Å². The zero-order valence-electron chi connectivity index (χ0n) is 13.6. The van der Waals surface area contributed by atoms with E-state index in [2.05, 4.69) is 13.8 Å². The topological polar surface area (TPSA) is 54.4 Å². The van der Waals surface area contributed by atoms with Crippen molar-refractivity contribution in [3.05, 3.63) is 11.6 Å². The summed E-state index contributed by atoms with van der Waals surface area (Å²) < 4.78 is 0. The maximum Gasteiger partial charge on any atom is 0.162 e. The normalized spacial score (nSPS) is 51.0. The summed E-state index contributed by atoms with van der Waals surface area (Å²) in [6.07, 6.45) is 7.49. The van der Waals surface area contributed by atoms with Gasteiger partial charge in [0.05, 0.1) is 0 Å². The molecule has 4 rings (SSSR count). The molecular formula is C19H26O3. The van der Waals surface area contributed by atoms with Gasteiger partial charge in [-0.2, -0.15) is 0 Å². The van der Waals surface area contributed by atoms with E-state index in [1.807, 2.05) is 6.08 Å². The Morgan fingerprint density at radius 3 is 2.64 bits per heavy atom. The average molecular weight is 302 g/mol. The number of ketones is 2. The Bertz CT molecular complexity index is 577. The Kier molecular flexibility index (Phi) is 3.01. The zero-order chi connectivity index (χ0) is 15.7. The number of Topliss-reactive ketones (excluding diaryl/α,β-unsaturated/α-hetero) is 1. The summed E-state index contributed by atoms with van der Waals surface area (Å²) in [5, 5.41) is 10.4. The van der Waals surface area contributed by atoms with E-state index in [4.69, 9.17) is 0 Å². The zero-order valence-corrected chi connectivity index (χ0v) is 13.6. The molecule has 3 heteroatoms. The van der Waals surface area contributed by atoms with Gasteiger partial charge in [-0.3, -0.25) is 9.59 Å². The second kappa shape index (κ2) is 4.53. The van der Waals surface area contributed by atoms with Gasteiger partial charge in [0.1, 0.15) is 6.10 Å². The fourth-order valence-corrected chi connectivity index (χ4v) is 6.33. The standard InChI is InChI=1S/C19H26O3/c1-18-7-5-12(20)9-11(18)3-4-13-14(18)6-8-19(2)15(13)10-16(21)17(19)22/h9,13-15,17,22H,3-8,10H2,1-2H3/t13-,14+,15+,17+,18+,19+/m1/s1. The molecule has 1 N–H and O–H groups in total. The fourth-order valence-electron chi connectivity index (χ4n) is 6.33. The first kappa shape index (κ1) is 14.6. The molecule has 22 heavy (non-hydrogen) atoms. The molecular weight excluding hydrogens is 276 g/mol. The smallest absolute Gasteiger partial charge is 0.162 e. The minimum Gasteiger partial charge on any atom is -0.385 e. The summed E-state index contributed by atoms with van der Waals surface area (Å²) in [4.78, 5) is 23.9. The van der Waals surface area contributed by atoms with Crippen LogP contribution in [0.5, 0.6) is 0 Å². The Morgan fingerprint density at radius 1 is 1.09 bits per heavy atom. The molecule has 3 saturated carbocycles. The van der Waals surface area contributed by atoms with Gasteiger partial charge in [-0.1, -0.05) is 19.4 Å². The molecule has 0 spiro atoms. The van der Waals surface area contributed by atoms with Gasteiger partial charge >= 0.3 is 0 Å². The fraction of sp³-hybridized carbons (Fsp3) is 0.789. The molecule has 0 heterocycles. The van der Waals surface area contributed by atoms with E-state index in [1.165, 1.54) is 5.57 Å². The van der Waals surface area contributed by atoms with Gasteiger partial charge in [0.15, 0.2) is 11.6 Å². The molecule has 4 aliphatic rings. The van der Waals surface area contributed by atoms with Crippen molar-refractivity contribution in [2.24, 2.45) is 28.6 Å². The monoisotopic (exact) mass is 302 g/mol. The summed E-state index contributed by atoms with van der Waals surface area (Å²) in [6, 6.07) is 0. The van der Waals surface area contributed by atoms with Crippen LogP contribution in [0.25, 0.3) is 0 Å². The number of carbonyl (C=O) groups is 2. The molecule has 0 bridgehead atoms. The molecule has 0 aliphatic heterocycles. The Hall–Kier alpha value is -0.960. The van der Waals surface area contributed by atoms with Gasteiger partial charge in [0.25, 0.3) is 0 Å². The first-order chi connectivity index (χ1) is 10.4. The van der Waals surface area contributed by atoms with Crippen molar-refractivity contribution in [3.8, 4) is 0 Å². The first-order valence-electron chi connectivity index (χ1n) is 8.81. The Balaban J connectivity index is 1.70. The molecule has 0 aromatic carbocycles. The van der Waals surface area contributed by atoms with Crippen LogP contribution in [0, 0.1) is 28.6 Å². The lowest BCUT2D eigenvalue weighted by atomic mass is 9.47. The first-order valence-corrected chi connectivity index (χ1v) is 8.81. The van der Waals surface area contributed by atoms with Crippen LogP contribution >= 0.6 is 0 Å². The number of fused-ring (bicyclic) bond motifs is 5. The molecule has 3 fully saturated rings. The second-order valence-corrected chi connectivity index (χ2v) is 8.59. The maximum absolute atomic E-state index is 12.1. The number of hydrogen-bond donors (Lipinski definition) is 1. The van der Waals surface area contributed by atoms with E-state index in [0.717, 1.165) is 32.1 Å². The molecule has 0 radical (unpaired) electrons. The minimum absolute atomic E-state index is 0.0541. The van der Waals surface area contributed by atoms with Crippen molar-refractivity contribution in [1.82, 2.24) is 0 Å². The van der Waals surface area contributed by atoms with Crippen LogP contribution in [0.1, 0.15) is 58.8 Å². The van der Waals surface area contributed by atoms with E-state index in [9.17, 15) is 14.7 Å². The van der Waals surface area contributed by atoms with Crippen LogP contribution in [0.2, 0.25) is 0 Å². The number of hydrogen-bond acceptors (Lipinski definition) is 3. The third-order valence-electron chi connectivity index (χ3n) is 7.75. The summed E-state index contributed by atoms with van der Waals surface area (Å²) in [6.45, 7) is 4.47. The molecule has 0 unspecified atom stereocenters. The number of rotatable bonds is 0. The molecule has 0 saturated heterocycles. The van der Waals surface area contributed by atoms with Crippen LogP contribution in [-0.4, -0.2) is 22.8 Å². The molecule has 0 aromatic heterocycles. The third kappa shape index (κ3) is 1.72. The van der Waals surface area contributed by atoms with Crippen molar-refractivity contribution in [3.63, 3.8) is 0 Å². The van der Waals surface area contributed by atoms with E-state index in [0.29, 0.717) is 30.6 Å². The summed E-state index contributed by atoms with van der Waals surface area (Å²) >= 11 is 0. The highest BCUT2D eigenvalue weighted by Crippen LogP contribution is 2.64. The lowest BCUT2D eigenvalue weighted by Gasteiger charge is -2.57. The largest absolute Gasteiger partial charge is 0.385 e. The molecule has 0 amide bonds. The number of carbonyl (C=O) groups excluding carboxylic acids is 2. The highest BCUT2D eigenvalue weighted by atomic mass is 16.3. The van der Waals surface area contributed by atoms with Gasteiger partial charge in [0.2, 0.25) is 0 Å². The third-order valence-corrected chi connectivity index (χ3v) is 7.75. The summed E-state index contributed by atoms with van der Waals surface area (Å²) in [5.41, 5.74) is 1.30. The van der Waals surface area contributed by atoms with Crippen molar-refractivity contribution in [2.45, 2.75) is 64.9 Å². The van der Waals surface area contributed by atoms with Gasteiger partial charge in [-0.15, -0.1) is 0 Å². The molecule has 3 nitrogen and oxygen atoms in total. The van der Waals surface area contributed by atoms with E-state index < -0.39 is 6.10 Å².